The number of esters is 1. The van der Waals surface area contributed by atoms with Crippen molar-refractivity contribution in [2.75, 3.05) is 23.9 Å². The van der Waals surface area contributed by atoms with Crippen molar-refractivity contribution in [2.24, 2.45) is 0 Å². The first-order valence-electron chi connectivity index (χ1n) is 8.93. The van der Waals surface area contributed by atoms with E-state index >= 15 is 0 Å². The molecule has 1 aliphatic rings. The van der Waals surface area contributed by atoms with Crippen LogP contribution in [0.1, 0.15) is 36.7 Å². The standard InChI is InChI=1S/C22H26N2O2/c1-15(14-26-22(25)18-10-7-6-8-11-18)19-12-9-13-20-21(19)24(5)17(3)16(2)23(20)4/h6-14,16-17H,1-5H3. The van der Waals surface area contributed by atoms with Crippen LogP contribution in [-0.4, -0.2) is 32.1 Å². The van der Waals surface area contributed by atoms with Crippen molar-refractivity contribution < 1.29 is 9.53 Å². The van der Waals surface area contributed by atoms with E-state index in [0.717, 1.165) is 11.1 Å². The van der Waals surface area contributed by atoms with Crippen molar-refractivity contribution >= 4 is 22.9 Å². The first kappa shape index (κ1) is 18.1. The quantitative estimate of drug-likeness (QED) is 0.600. The minimum absolute atomic E-state index is 0.345. The van der Waals surface area contributed by atoms with Crippen LogP contribution in [-0.2, 0) is 4.74 Å². The molecule has 2 aromatic rings. The Balaban J connectivity index is 1.91. The van der Waals surface area contributed by atoms with Gasteiger partial charge in [0, 0.05) is 31.7 Å². The Hall–Kier alpha value is -2.75. The molecule has 3 rings (SSSR count). The lowest BCUT2D eigenvalue weighted by Gasteiger charge is -2.45. The number of carbonyl (C=O) groups is 1. The summed E-state index contributed by atoms with van der Waals surface area (Å²) in [7, 11) is 4.25. The highest BCUT2D eigenvalue weighted by atomic mass is 16.5. The summed E-state index contributed by atoms with van der Waals surface area (Å²) in [4.78, 5) is 16.8. The average Bonchev–Trinajstić information content (AvgIpc) is 2.68. The second-order valence-corrected chi connectivity index (χ2v) is 6.95. The van der Waals surface area contributed by atoms with Gasteiger partial charge in [-0.25, -0.2) is 4.79 Å². The van der Waals surface area contributed by atoms with E-state index in [4.69, 9.17) is 4.74 Å². The Kier molecular flexibility index (Phi) is 5.03. The number of hydrogen-bond acceptors (Lipinski definition) is 4. The molecule has 0 aromatic heterocycles. The van der Waals surface area contributed by atoms with Crippen molar-refractivity contribution in [1.82, 2.24) is 0 Å². The Bertz CT molecular complexity index is 829. The molecule has 0 saturated carbocycles. The summed E-state index contributed by atoms with van der Waals surface area (Å²) in [6.07, 6.45) is 1.56. The maximum atomic E-state index is 12.2. The summed E-state index contributed by atoms with van der Waals surface area (Å²) < 4.78 is 5.41. The molecule has 26 heavy (non-hydrogen) atoms. The van der Waals surface area contributed by atoms with E-state index < -0.39 is 0 Å². The lowest BCUT2D eigenvalue weighted by atomic mass is 9.96. The van der Waals surface area contributed by atoms with E-state index in [1.54, 1.807) is 18.4 Å². The molecule has 4 nitrogen and oxygen atoms in total. The fraction of sp³-hybridized carbons (Fsp3) is 0.318. The summed E-state index contributed by atoms with van der Waals surface area (Å²) in [6, 6.07) is 16.1. The number of allylic oxidation sites excluding steroid dienone is 1. The smallest absolute Gasteiger partial charge is 0.342 e. The third-order valence-corrected chi connectivity index (χ3v) is 5.44. The van der Waals surface area contributed by atoms with Gasteiger partial charge < -0.3 is 14.5 Å². The number of para-hydroxylation sites is 1. The van der Waals surface area contributed by atoms with Gasteiger partial charge in [-0.2, -0.15) is 0 Å². The summed E-state index contributed by atoms with van der Waals surface area (Å²) in [5.74, 6) is -0.345. The monoisotopic (exact) mass is 350 g/mol. The summed E-state index contributed by atoms with van der Waals surface area (Å²) >= 11 is 0. The molecule has 136 valence electrons. The van der Waals surface area contributed by atoms with Gasteiger partial charge in [0.25, 0.3) is 0 Å². The fourth-order valence-corrected chi connectivity index (χ4v) is 3.42. The van der Waals surface area contributed by atoms with Crippen LogP contribution in [0.5, 0.6) is 0 Å². The van der Waals surface area contributed by atoms with Crippen molar-refractivity contribution in [3.8, 4) is 0 Å². The van der Waals surface area contributed by atoms with Crippen LogP contribution in [0, 0.1) is 0 Å². The third kappa shape index (κ3) is 3.19. The molecule has 2 aromatic carbocycles. The molecule has 0 amide bonds. The first-order chi connectivity index (χ1) is 12.4. The topological polar surface area (TPSA) is 32.8 Å². The van der Waals surface area contributed by atoms with Crippen molar-refractivity contribution in [1.29, 1.82) is 0 Å². The lowest BCUT2D eigenvalue weighted by Crippen LogP contribution is -2.51. The molecule has 2 atom stereocenters. The van der Waals surface area contributed by atoms with Gasteiger partial charge in [0.05, 0.1) is 23.2 Å². The predicted octanol–water partition coefficient (Wildman–Crippen LogP) is 4.57. The number of likely N-dealkylation sites (N-methyl/N-ethyl adjacent to an activating group) is 2. The molecule has 0 N–H and O–H groups in total. The molecule has 0 bridgehead atoms. The number of nitrogens with zero attached hydrogens (tertiary/aromatic N) is 2. The molecule has 1 heterocycles. The number of benzene rings is 2. The highest BCUT2D eigenvalue weighted by Crippen LogP contribution is 2.41. The van der Waals surface area contributed by atoms with E-state index in [1.165, 1.54) is 11.4 Å². The highest BCUT2D eigenvalue weighted by molar-refractivity contribution is 5.91. The van der Waals surface area contributed by atoms with Gasteiger partial charge >= 0.3 is 5.97 Å². The molecule has 2 unspecified atom stereocenters. The van der Waals surface area contributed by atoms with Gasteiger partial charge in [-0.05, 0) is 44.5 Å². The van der Waals surface area contributed by atoms with Crippen molar-refractivity contribution in [2.45, 2.75) is 32.9 Å². The van der Waals surface area contributed by atoms with Crippen LogP contribution in [0.25, 0.3) is 5.57 Å². The molecule has 1 aliphatic heterocycles. The van der Waals surface area contributed by atoms with Gasteiger partial charge in [0.1, 0.15) is 0 Å². The number of hydrogen-bond donors (Lipinski definition) is 0. The summed E-state index contributed by atoms with van der Waals surface area (Å²) in [5, 5.41) is 0. The van der Waals surface area contributed by atoms with Gasteiger partial charge in [-0.3, -0.25) is 0 Å². The number of fused-ring (bicyclic) bond motifs is 1. The maximum Gasteiger partial charge on any atom is 0.342 e. The van der Waals surface area contributed by atoms with E-state index in [-0.39, 0.29) is 5.97 Å². The third-order valence-electron chi connectivity index (χ3n) is 5.44. The van der Waals surface area contributed by atoms with E-state index in [1.807, 2.05) is 25.1 Å². The van der Waals surface area contributed by atoms with Crippen molar-refractivity contribution in [3.05, 3.63) is 65.9 Å². The zero-order chi connectivity index (χ0) is 18.8. The Morgan fingerprint density at radius 3 is 2.31 bits per heavy atom. The summed E-state index contributed by atoms with van der Waals surface area (Å²) in [5.41, 5.74) is 4.92. The second-order valence-electron chi connectivity index (χ2n) is 6.95. The molecular weight excluding hydrogens is 324 g/mol. The Morgan fingerprint density at radius 1 is 0.962 bits per heavy atom. The zero-order valence-corrected chi connectivity index (χ0v) is 16.1. The number of ether oxygens (including phenoxy) is 1. The average molecular weight is 350 g/mol. The van der Waals surface area contributed by atoms with E-state index in [0.29, 0.717) is 17.6 Å². The molecule has 0 spiro atoms. The van der Waals surface area contributed by atoms with E-state index in [2.05, 4.69) is 55.9 Å². The number of anilines is 2. The predicted molar refractivity (Wildman–Crippen MR) is 108 cm³/mol. The lowest BCUT2D eigenvalue weighted by molar-refractivity contribution is 0.0664. The van der Waals surface area contributed by atoms with Crippen LogP contribution in [0.4, 0.5) is 11.4 Å². The molecule has 0 saturated heterocycles. The minimum atomic E-state index is -0.345. The fourth-order valence-electron chi connectivity index (χ4n) is 3.42. The Labute approximate surface area is 155 Å². The van der Waals surface area contributed by atoms with Gasteiger partial charge in [0.2, 0.25) is 0 Å². The normalized spacial score (nSPS) is 20.0. The Morgan fingerprint density at radius 2 is 1.62 bits per heavy atom. The minimum Gasteiger partial charge on any atom is -0.431 e. The van der Waals surface area contributed by atoms with Gasteiger partial charge in [-0.1, -0.05) is 30.3 Å². The molecular formula is C22H26N2O2. The van der Waals surface area contributed by atoms with Crippen molar-refractivity contribution in [3.63, 3.8) is 0 Å². The maximum absolute atomic E-state index is 12.2. The molecule has 0 radical (unpaired) electrons. The van der Waals surface area contributed by atoms with Crippen LogP contribution in [0.2, 0.25) is 0 Å². The summed E-state index contributed by atoms with van der Waals surface area (Å²) in [6.45, 7) is 6.45. The highest BCUT2D eigenvalue weighted by Gasteiger charge is 2.31. The zero-order valence-electron chi connectivity index (χ0n) is 16.1. The largest absolute Gasteiger partial charge is 0.431 e. The van der Waals surface area contributed by atoms with Crippen LogP contribution in [0.3, 0.4) is 0 Å². The van der Waals surface area contributed by atoms with Crippen LogP contribution >= 0.6 is 0 Å². The first-order valence-corrected chi connectivity index (χ1v) is 8.93. The molecule has 4 heteroatoms. The van der Waals surface area contributed by atoms with Gasteiger partial charge in [-0.15, -0.1) is 0 Å². The van der Waals surface area contributed by atoms with Gasteiger partial charge in [0.15, 0.2) is 0 Å². The number of rotatable bonds is 3. The number of carbonyl (C=O) groups excluding carboxylic acids is 1. The SMILES string of the molecule is CC(=COC(=O)c1ccccc1)c1cccc2c1N(C)C(C)C(C)N2C. The van der Waals surface area contributed by atoms with E-state index in [9.17, 15) is 4.79 Å². The van der Waals surface area contributed by atoms with Crippen LogP contribution in [0.15, 0.2) is 54.8 Å². The second kappa shape index (κ2) is 7.24. The molecule has 0 fully saturated rings. The molecule has 0 aliphatic carbocycles. The van der Waals surface area contributed by atoms with Crippen LogP contribution < -0.4 is 9.80 Å².